The molecule has 0 radical (unpaired) electrons. The number of amides is 1. The van der Waals surface area contributed by atoms with Crippen LogP contribution in [0.1, 0.15) is 37.4 Å². The van der Waals surface area contributed by atoms with Crippen molar-refractivity contribution in [2.24, 2.45) is 0 Å². The molecule has 3 rings (SSSR count). The molecule has 1 amide bonds. The molecule has 0 spiro atoms. The third-order valence-corrected chi connectivity index (χ3v) is 3.91. The van der Waals surface area contributed by atoms with Crippen molar-refractivity contribution in [3.8, 4) is 0 Å². The lowest BCUT2D eigenvalue weighted by Crippen LogP contribution is -2.47. The van der Waals surface area contributed by atoms with Gasteiger partial charge in [-0.25, -0.2) is 4.98 Å². The standard InChI is InChI=1S/C12H19N5O.2ClH/c18-12(10-4-1-5-13-10)17-6-2-3-9(7-17)11-14-8-15-16-11;;/h8-10,13H,1-7H2,(H,14,15,16);2*1H. The maximum absolute atomic E-state index is 12.3. The van der Waals surface area contributed by atoms with Crippen LogP contribution in [-0.4, -0.2) is 51.7 Å². The number of carbonyl (C=O) groups excluding carboxylic acids is 1. The van der Waals surface area contributed by atoms with E-state index < -0.39 is 0 Å². The van der Waals surface area contributed by atoms with Crippen LogP contribution in [-0.2, 0) is 4.79 Å². The van der Waals surface area contributed by atoms with Crippen LogP contribution in [0.3, 0.4) is 0 Å². The Labute approximate surface area is 130 Å². The zero-order valence-electron chi connectivity index (χ0n) is 11.2. The normalized spacial score (nSPS) is 25.7. The second-order valence-corrected chi connectivity index (χ2v) is 5.14. The number of nitrogens with one attached hydrogen (secondary N) is 2. The fourth-order valence-electron chi connectivity index (χ4n) is 2.93. The maximum Gasteiger partial charge on any atom is 0.239 e. The lowest BCUT2D eigenvalue weighted by Gasteiger charge is -2.33. The Kier molecular flexibility index (Phi) is 6.71. The summed E-state index contributed by atoms with van der Waals surface area (Å²) in [5.74, 6) is 1.48. The topological polar surface area (TPSA) is 73.9 Å². The summed E-state index contributed by atoms with van der Waals surface area (Å²) in [5.41, 5.74) is 0. The average Bonchev–Trinajstić information content (AvgIpc) is 3.11. The van der Waals surface area contributed by atoms with Crippen LogP contribution in [0.4, 0.5) is 0 Å². The molecule has 2 unspecified atom stereocenters. The molecule has 0 bridgehead atoms. The SMILES string of the molecule is Cl.Cl.O=C(C1CCCN1)N1CCCC(c2ncn[nH]2)C1. The number of H-pyrrole nitrogens is 1. The smallest absolute Gasteiger partial charge is 0.239 e. The summed E-state index contributed by atoms with van der Waals surface area (Å²) in [5, 5.41) is 10.1. The number of halogens is 2. The number of nitrogens with zero attached hydrogens (tertiary/aromatic N) is 3. The van der Waals surface area contributed by atoms with Crippen LogP contribution >= 0.6 is 24.8 Å². The Morgan fingerprint density at radius 3 is 2.80 bits per heavy atom. The molecular formula is C12H21Cl2N5O. The van der Waals surface area contributed by atoms with Gasteiger partial charge in [0.2, 0.25) is 5.91 Å². The Morgan fingerprint density at radius 2 is 2.15 bits per heavy atom. The molecule has 20 heavy (non-hydrogen) atoms. The van der Waals surface area contributed by atoms with Crippen molar-refractivity contribution in [3.05, 3.63) is 12.2 Å². The third kappa shape index (κ3) is 3.62. The molecule has 1 aromatic rings. The number of carbonyl (C=O) groups is 1. The molecule has 3 heterocycles. The van der Waals surface area contributed by atoms with Crippen molar-refractivity contribution in [1.29, 1.82) is 0 Å². The fourth-order valence-corrected chi connectivity index (χ4v) is 2.93. The molecule has 2 N–H and O–H groups in total. The minimum Gasteiger partial charge on any atom is -0.341 e. The van der Waals surface area contributed by atoms with Gasteiger partial charge in [0.1, 0.15) is 12.2 Å². The quantitative estimate of drug-likeness (QED) is 0.855. The molecule has 0 aliphatic carbocycles. The van der Waals surface area contributed by atoms with Gasteiger partial charge >= 0.3 is 0 Å². The first kappa shape index (κ1) is 17.2. The molecule has 2 saturated heterocycles. The van der Waals surface area contributed by atoms with Crippen molar-refractivity contribution >= 4 is 30.7 Å². The van der Waals surface area contributed by atoms with E-state index in [4.69, 9.17) is 0 Å². The molecule has 8 heteroatoms. The van der Waals surface area contributed by atoms with Crippen LogP contribution < -0.4 is 5.32 Å². The van der Waals surface area contributed by atoms with E-state index in [1.54, 1.807) is 0 Å². The van der Waals surface area contributed by atoms with Crippen molar-refractivity contribution in [3.63, 3.8) is 0 Å². The van der Waals surface area contributed by atoms with Crippen molar-refractivity contribution in [2.75, 3.05) is 19.6 Å². The summed E-state index contributed by atoms with van der Waals surface area (Å²) in [7, 11) is 0. The van der Waals surface area contributed by atoms with Crippen LogP contribution in [0.5, 0.6) is 0 Å². The number of aromatic amines is 1. The van der Waals surface area contributed by atoms with E-state index in [9.17, 15) is 4.79 Å². The van der Waals surface area contributed by atoms with Gasteiger partial charge in [-0.2, -0.15) is 5.10 Å². The molecule has 114 valence electrons. The number of aromatic nitrogens is 3. The predicted molar refractivity (Wildman–Crippen MR) is 80.5 cm³/mol. The lowest BCUT2D eigenvalue weighted by atomic mass is 9.96. The summed E-state index contributed by atoms with van der Waals surface area (Å²) in [4.78, 5) is 18.5. The summed E-state index contributed by atoms with van der Waals surface area (Å²) in [6, 6.07) is 0.0403. The number of hydrogen-bond donors (Lipinski definition) is 2. The van der Waals surface area contributed by atoms with Gasteiger partial charge in [0.25, 0.3) is 0 Å². The summed E-state index contributed by atoms with van der Waals surface area (Å²) in [6.45, 7) is 2.61. The number of hydrogen-bond acceptors (Lipinski definition) is 4. The Hall–Kier alpha value is -0.850. The van der Waals surface area contributed by atoms with Gasteiger partial charge in [-0.3, -0.25) is 9.89 Å². The van der Waals surface area contributed by atoms with Gasteiger partial charge < -0.3 is 10.2 Å². The van der Waals surface area contributed by atoms with Crippen LogP contribution in [0, 0.1) is 0 Å². The maximum atomic E-state index is 12.3. The van der Waals surface area contributed by atoms with E-state index in [0.717, 1.165) is 51.1 Å². The van der Waals surface area contributed by atoms with Gasteiger partial charge in [0, 0.05) is 19.0 Å². The van der Waals surface area contributed by atoms with Gasteiger partial charge in [0.15, 0.2) is 0 Å². The second kappa shape index (κ2) is 7.81. The lowest BCUT2D eigenvalue weighted by molar-refractivity contribution is -0.134. The highest BCUT2D eigenvalue weighted by atomic mass is 35.5. The Balaban J connectivity index is 0.000001000. The van der Waals surface area contributed by atoms with E-state index >= 15 is 0 Å². The van der Waals surface area contributed by atoms with Crippen molar-refractivity contribution < 1.29 is 4.79 Å². The molecule has 0 saturated carbocycles. The van der Waals surface area contributed by atoms with E-state index in [0.29, 0.717) is 5.92 Å². The first-order valence-electron chi connectivity index (χ1n) is 6.72. The second-order valence-electron chi connectivity index (χ2n) is 5.14. The first-order valence-corrected chi connectivity index (χ1v) is 6.72. The largest absolute Gasteiger partial charge is 0.341 e. The molecule has 2 aliphatic rings. The molecule has 1 aromatic heterocycles. The predicted octanol–water partition coefficient (Wildman–Crippen LogP) is 1.11. The van der Waals surface area contributed by atoms with Crippen LogP contribution in [0.2, 0.25) is 0 Å². The molecule has 2 atom stereocenters. The zero-order chi connectivity index (χ0) is 12.4. The van der Waals surface area contributed by atoms with Gasteiger partial charge in [-0.15, -0.1) is 24.8 Å². The number of likely N-dealkylation sites (tertiary alicyclic amines) is 1. The van der Waals surface area contributed by atoms with Gasteiger partial charge in [-0.1, -0.05) is 0 Å². The fraction of sp³-hybridized carbons (Fsp3) is 0.750. The first-order chi connectivity index (χ1) is 8.84. The average molecular weight is 322 g/mol. The highest BCUT2D eigenvalue weighted by Crippen LogP contribution is 2.25. The molecular weight excluding hydrogens is 301 g/mol. The minimum absolute atomic E-state index is 0. The number of piperidine rings is 1. The third-order valence-electron chi connectivity index (χ3n) is 3.91. The van der Waals surface area contributed by atoms with E-state index in [-0.39, 0.29) is 36.8 Å². The highest BCUT2D eigenvalue weighted by molar-refractivity contribution is 5.85. The Morgan fingerprint density at radius 1 is 1.30 bits per heavy atom. The van der Waals surface area contributed by atoms with E-state index in [1.165, 1.54) is 6.33 Å². The Bertz CT molecular complexity index is 408. The summed E-state index contributed by atoms with van der Waals surface area (Å²) in [6.07, 6.45) is 5.74. The molecule has 2 aliphatic heterocycles. The monoisotopic (exact) mass is 321 g/mol. The van der Waals surface area contributed by atoms with E-state index in [1.807, 2.05) is 4.90 Å². The van der Waals surface area contributed by atoms with Crippen LogP contribution in [0.25, 0.3) is 0 Å². The van der Waals surface area contributed by atoms with E-state index in [2.05, 4.69) is 20.5 Å². The molecule has 6 nitrogen and oxygen atoms in total. The zero-order valence-corrected chi connectivity index (χ0v) is 12.9. The van der Waals surface area contributed by atoms with Crippen molar-refractivity contribution in [2.45, 2.75) is 37.6 Å². The highest BCUT2D eigenvalue weighted by Gasteiger charge is 2.31. The molecule has 2 fully saturated rings. The number of rotatable bonds is 2. The summed E-state index contributed by atoms with van der Waals surface area (Å²) >= 11 is 0. The van der Waals surface area contributed by atoms with Gasteiger partial charge in [0.05, 0.1) is 6.04 Å². The minimum atomic E-state index is 0. The van der Waals surface area contributed by atoms with Crippen molar-refractivity contribution in [1.82, 2.24) is 25.4 Å². The summed E-state index contributed by atoms with van der Waals surface area (Å²) < 4.78 is 0. The molecule has 0 aromatic carbocycles. The van der Waals surface area contributed by atoms with Crippen LogP contribution in [0.15, 0.2) is 6.33 Å². The van der Waals surface area contributed by atoms with Gasteiger partial charge in [-0.05, 0) is 32.2 Å².